The Morgan fingerprint density at radius 3 is 2.41 bits per heavy atom. The second-order valence-corrected chi connectivity index (χ2v) is 11.6. The number of carbonyl (C=O) groups excluding carboxylic acids is 2. The first-order valence-electron chi connectivity index (χ1n) is 12.1. The van der Waals surface area contributed by atoms with Crippen molar-refractivity contribution in [1.82, 2.24) is 15.1 Å². The number of amides is 2. The van der Waals surface area contributed by atoms with Crippen molar-refractivity contribution < 1.29 is 9.59 Å². The molecule has 4 saturated carbocycles. The SMILES string of the molecule is O=C(Nc1nnc(Cc2ccccc2)s1)C1CCCN1C(=O)C12CC3CC(CC(C3)C1)C2. The number of hydrogen-bond acceptors (Lipinski definition) is 5. The maximum atomic E-state index is 13.8. The quantitative estimate of drug-likeness (QED) is 0.738. The molecule has 168 valence electrons. The van der Waals surface area contributed by atoms with Gasteiger partial charge in [-0.25, -0.2) is 0 Å². The number of likely N-dealkylation sites (tertiary alicyclic amines) is 1. The van der Waals surface area contributed by atoms with E-state index in [0.717, 1.165) is 54.9 Å². The highest BCUT2D eigenvalue weighted by molar-refractivity contribution is 7.15. The molecule has 1 N–H and O–H groups in total. The van der Waals surface area contributed by atoms with Crippen molar-refractivity contribution in [2.24, 2.45) is 23.2 Å². The molecule has 7 rings (SSSR count). The number of anilines is 1. The number of hydrogen-bond donors (Lipinski definition) is 1. The van der Waals surface area contributed by atoms with E-state index >= 15 is 0 Å². The van der Waals surface area contributed by atoms with E-state index in [1.54, 1.807) is 0 Å². The smallest absolute Gasteiger partial charge is 0.249 e. The Balaban J connectivity index is 1.13. The summed E-state index contributed by atoms with van der Waals surface area (Å²) < 4.78 is 0. The lowest BCUT2D eigenvalue weighted by Gasteiger charge is -2.56. The van der Waals surface area contributed by atoms with Crippen molar-refractivity contribution in [3.05, 3.63) is 40.9 Å². The van der Waals surface area contributed by atoms with Gasteiger partial charge >= 0.3 is 0 Å². The van der Waals surface area contributed by atoms with Crippen LogP contribution >= 0.6 is 11.3 Å². The van der Waals surface area contributed by atoms with Crippen molar-refractivity contribution in [1.29, 1.82) is 0 Å². The molecule has 2 aromatic rings. The molecule has 1 aliphatic heterocycles. The average molecular weight is 451 g/mol. The second-order valence-electron chi connectivity index (χ2n) is 10.5. The minimum absolute atomic E-state index is 0.108. The third-order valence-corrected chi connectivity index (χ3v) is 9.04. The van der Waals surface area contributed by atoms with Gasteiger partial charge in [0.25, 0.3) is 0 Å². The third kappa shape index (κ3) is 3.64. The third-order valence-electron chi connectivity index (χ3n) is 8.20. The van der Waals surface area contributed by atoms with E-state index in [9.17, 15) is 9.59 Å². The zero-order valence-electron chi connectivity index (χ0n) is 18.3. The van der Waals surface area contributed by atoms with Gasteiger partial charge in [-0.05, 0) is 74.7 Å². The van der Waals surface area contributed by atoms with Gasteiger partial charge in [0.05, 0.1) is 5.41 Å². The van der Waals surface area contributed by atoms with Gasteiger partial charge < -0.3 is 4.90 Å². The first-order chi connectivity index (χ1) is 15.6. The fraction of sp³-hybridized carbons (Fsp3) is 0.600. The van der Waals surface area contributed by atoms with Crippen LogP contribution in [-0.2, 0) is 16.0 Å². The molecule has 7 heteroatoms. The summed E-state index contributed by atoms with van der Waals surface area (Å²) in [5.41, 5.74) is 0.980. The van der Waals surface area contributed by atoms with Gasteiger partial charge in [0, 0.05) is 13.0 Å². The van der Waals surface area contributed by atoms with Crippen LogP contribution in [0.2, 0.25) is 0 Å². The molecular formula is C25H30N4O2S. The van der Waals surface area contributed by atoms with Crippen LogP contribution in [0.25, 0.3) is 0 Å². The molecule has 2 heterocycles. The van der Waals surface area contributed by atoms with Crippen LogP contribution in [-0.4, -0.2) is 39.5 Å². The highest BCUT2D eigenvalue weighted by Gasteiger charge is 2.56. The first kappa shape index (κ1) is 20.3. The topological polar surface area (TPSA) is 75.2 Å². The minimum atomic E-state index is -0.378. The van der Waals surface area contributed by atoms with Gasteiger partial charge in [-0.3, -0.25) is 14.9 Å². The van der Waals surface area contributed by atoms with Crippen LogP contribution in [0.4, 0.5) is 5.13 Å². The number of benzene rings is 1. The van der Waals surface area contributed by atoms with Gasteiger partial charge in [-0.15, -0.1) is 10.2 Å². The second kappa shape index (κ2) is 7.94. The zero-order chi connectivity index (χ0) is 21.7. The van der Waals surface area contributed by atoms with E-state index in [1.165, 1.54) is 36.2 Å². The molecule has 0 radical (unpaired) electrons. The minimum Gasteiger partial charge on any atom is -0.330 e. The molecule has 0 spiro atoms. The van der Waals surface area contributed by atoms with Gasteiger partial charge in [0.15, 0.2) is 0 Å². The molecule has 2 amide bonds. The lowest BCUT2D eigenvalue weighted by atomic mass is 9.49. The van der Waals surface area contributed by atoms with E-state index in [1.807, 2.05) is 23.1 Å². The number of nitrogens with zero attached hydrogens (tertiary/aromatic N) is 3. The zero-order valence-corrected chi connectivity index (χ0v) is 19.2. The molecule has 1 saturated heterocycles. The number of carbonyl (C=O) groups is 2. The predicted octanol–water partition coefficient (Wildman–Crippen LogP) is 4.27. The van der Waals surface area contributed by atoms with Crippen LogP contribution < -0.4 is 5.32 Å². The molecule has 1 unspecified atom stereocenters. The van der Waals surface area contributed by atoms with Crippen molar-refractivity contribution in [3.63, 3.8) is 0 Å². The Labute approximate surface area is 192 Å². The molecular weight excluding hydrogens is 420 g/mol. The number of nitrogens with one attached hydrogen (secondary N) is 1. The van der Waals surface area contributed by atoms with Crippen LogP contribution in [0.15, 0.2) is 30.3 Å². The summed E-state index contributed by atoms with van der Waals surface area (Å²) >= 11 is 1.41. The maximum Gasteiger partial charge on any atom is 0.249 e. The first-order valence-corrected chi connectivity index (χ1v) is 12.9. The standard InChI is InChI=1S/C25H30N4O2S/c30-22(26-24-28-27-21(32-24)12-16-5-2-1-3-6-16)20-7-4-8-29(20)23(31)25-13-17-9-18(14-25)11-19(10-17)15-25/h1-3,5-6,17-20H,4,7-15H2,(H,26,28,30). The van der Waals surface area contributed by atoms with Gasteiger partial charge in [-0.2, -0.15) is 0 Å². The molecule has 1 atom stereocenters. The van der Waals surface area contributed by atoms with E-state index in [-0.39, 0.29) is 23.3 Å². The summed E-state index contributed by atoms with van der Waals surface area (Å²) in [5.74, 6) is 2.33. The highest BCUT2D eigenvalue weighted by Crippen LogP contribution is 2.60. The van der Waals surface area contributed by atoms with Crippen molar-refractivity contribution in [3.8, 4) is 0 Å². The highest BCUT2D eigenvalue weighted by atomic mass is 32.1. The number of aromatic nitrogens is 2. The lowest BCUT2D eigenvalue weighted by Crippen LogP contribution is -2.56. The molecule has 1 aromatic carbocycles. The summed E-state index contributed by atoms with van der Waals surface area (Å²) in [4.78, 5) is 28.9. The molecule has 5 fully saturated rings. The Kier molecular flexibility index (Phi) is 5.05. The van der Waals surface area contributed by atoms with Gasteiger partial charge in [0.1, 0.15) is 11.0 Å². The molecule has 5 aliphatic rings. The normalized spacial score (nSPS) is 32.9. The van der Waals surface area contributed by atoms with Crippen molar-refractivity contribution in [2.45, 2.75) is 63.8 Å². The van der Waals surface area contributed by atoms with Gasteiger partial charge in [0.2, 0.25) is 16.9 Å². The van der Waals surface area contributed by atoms with Crippen LogP contribution in [0.5, 0.6) is 0 Å². The molecule has 6 nitrogen and oxygen atoms in total. The largest absolute Gasteiger partial charge is 0.330 e. The molecule has 4 aliphatic carbocycles. The molecule has 32 heavy (non-hydrogen) atoms. The van der Waals surface area contributed by atoms with E-state index in [4.69, 9.17) is 0 Å². The fourth-order valence-electron chi connectivity index (χ4n) is 7.29. The average Bonchev–Trinajstić information content (AvgIpc) is 3.43. The van der Waals surface area contributed by atoms with E-state index in [0.29, 0.717) is 18.1 Å². The molecule has 1 aromatic heterocycles. The summed E-state index contributed by atoms with van der Waals surface area (Å²) in [6.45, 7) is 0.702. The summed E-state index contributed by atoms with van der Waals surface area (Å²) in [6.07, 6.45) is 9.42. The Morgan fingerprint density at radius 2 is 1.72 bits per heavy atom. The predicted molar refractivity (Wildman–Crippen MR) is 123 cm³/mol. The Hall–Kier alpha value is -2.28. The van der Waals surface area contributed by atoms with Crippen LogP contribution in [0.1, 0.15) is 61.9 Å². The monoisotopic (exact) mass is 450 g/mol. The van der Waals surface area contributed by atoms with E-state index in [2.05, 4.69) is 27.6 Å². The van der Waals surface area contributed by atoms with Crippen molar-refractivity contribution in [2.75, 3.05) is 11.9 Å². The van der Waals surface area contributed by atoms with Crippen molar-refractivity contribution >= 4 is 28.3 Å². The summed E-state index contributed by atoms with van der Waals surface area (Å²) in [6, 6.07) is 9.76. The Morgan fingerprint density at radius 1 is 1.03 bits per heavy atom. The maximum absolute atomic E-state index is 13.8. The van der Waals surface area contributed by atoms with Gasteiger partial charge in [-0.1, -0.05) is 41.7 Å². The fourth-order valence-corrected chi connectivity index (χ4v) is 8.07. The summed E-state index contributed by atoms with van der Waals surface area (Å²) in [7, 11) is 0. The van der Waals surface area contributed by atoms with E-state index < -0.39 is 0 Å². The van der Waals surface area contributed by atoms with Crippen LogP contribution in [0.3, 0.4) is 0 Å². The Bertz CT molecular complexity index is 985. The number of rotatable bonds is 5. The summed E-state index contributed by atoms with van der Waals surface area (Å²) in [5, 5.41) is 12.8. The van der Waals surface area contributed by atoms with Crippen LogP contribution in [0, 0.1) is 23.2 Å². The molecule has 4 bridgehead atoms. The lowest BCUT2D eigenvalue weighted by molar-refractivity contribution is -0.160.